The molecule has 4 aromatic rings. The van der Waals surface area contributed by atoms with Crippen LogP contribution in [0.15, 0.2) is 71.8 Å². The maximum absolute atomic E-state index is 13.3. The number of non-ortho nitro benzene ring substituents is 1. The molecule has 1 N–H and O–H groups in total. The lowest BCUT2D eigenvalue weighted by Crippen LogP contribution is -2.12. The van der Waals surface area contributed by atoms with E-state index in [0.29, 0.717) is 32.6 Å². The van der Waals surface area contributed by atoms with Gasteiger partial charge >= 0.3 is 0 Å². The van der Waals surface area contributed by atoms with Gasteiger partial charge in [0.1, 0.15) is 11.3 Å². The van der Waals surface area contributed by atoms with Gasteiger partial charge in [-0.1, -0.05) is 23.2 Å². The van der Waals surface area contributed by atoms with Crippen LogP contribution >= 0.6 is 23.2 Å². The fraction of sp³-hybridized carbons (Fsp3) is 0.0476. The van der Waals surface area contributed by atoms with E-state index in [1.165, 1.54) is 55.8 Å². The topological polar surface area (TPSA) is 103 Å². The average molecular weight is 492 g/mol. The summed E-state index contributed by atoms with van der Waals surface area (Å²) in [7, 11) is -2.65. The van der Waals surface area contributed by atoms with E-state index in [9.17, 15) is 18.5 Å². The van der Waals surface area contributed by atoms with Gasteiger partial charge in [0.25, 0.3) is 15.7 Å². The van der Waals surface area contributed by atoms with E-state index in [0.717, 1.165) is 3.97 Å². The molecule has 1 aromatic heterocycles. The van der Waals surface area contributed by atoms with Crippen molar-refractivity contribution >= 4 is 61.2 Å². The van der Waals surface area contributed by atoms with E-state index in [-0.39, 0.29) is 16.1 Å². The van der Waals surface area contributed by atoms with E-state index in [1.807, 2.05) is 0 Å². The van der Waals surface area contributed by atoms with Crippen molar-refractivity contribution in [1.82, 2.24) is 3.97 Å². The summed E-state index contributed by atoms with van der Waals surface area (Å²) in [4.78, 5) is 11.0. The number of nitro groups is 1. The minimum Gasteiger partial charge on any atom is -0.497 e. The molecule has 0 atom stereocenters. The van der Waals surface area contributed by atoms with Crippen LogP contribution in [0.1, 0.15) is 0 Å². The Morgan fingerprint density at radius 1 is 1.00 bits per heavy atom. The van der Waals surface area contributed by atoms with Gasteiger partial charge < -0.3 is 10.1 Å². The van der Waals surface area contributed by atoms with Crippen molar-refractivity contribution in [3.63, 3.8) is 0 Å². The van der Waals surface area contributed by atoms with Gasteiger partial charge in [0.15, 0.2) is 0 Å². The molecule has 0 aliphatic carbocycles. The van der Waals surface area contributed by atoms with Crippen molar-refractivity contribution < 1.29 is 18.1 Å². The van der Waals surface area contributed by atoms with Crippen LogP contribution in [0.2, 0.25) is 10.0 Å². The van der Waals surface area contributed by atoms with Crippen LogP contribution in [0, 0.1) is 10.1 Å². The van der Waals surface area contributed by atoms with Crippen LogP contribution in [-0.2, 0) is 10.0 Å². The Labute approximate surface area is 193 Å². The van der Waals surface area contributed by atoms with Gasteiger partial charge in [-0.3, -0.25) is 10.1 Å². The molecule has 3 aromatic carbocycles. The predicted octanol–water partition coefficient (Wildman–Crippen LogP) is 5.85. The Morgan fingerprint density at radius 2 is 1.72 bits per heavy atom. The second-order valence-electron chi connectivity index (χ2n) is 6.70. The molecule has 0 fully saturated rings. The summed E-state index contributed by atoms with van der Waals surface area (Å²) < 4.78 is 32.5. The van der Waals surface area contributed by atoms with Crippen LogP contribution in [0.4, 0.5) is 17.1 Å². The number of hydrogen-bond acceptors (Lipinski definition) is 6. The minimum atomic E-state index is -4.11. The van der Waals surface area contributed by atoms with Crippen molar-refractivity contribution in [2.75, 3.05) is 12.4 Å². The number of halogens is 2. The molecule has 0 unspecified atom stereocenters. The van der Waals surface area contributed by atoms with Crippen LogP contribution in [0.5, 0.6) is 5.75 Å². The van der Waals surface area contributed by atoms with E-state index in [4.69, 9.17) is 27.9 Å². The molecule has 4 rings (SSSR count). The molecule has 0 radical (unpaired) electrons. The van der Waals surface area contributed by atoms with Crippen molar-refractivity contribution in [2.24, 2.45) is 0 Å². The molecule has 1 heterocycles. The monoisotopic (exact) mass is 491 g/mol. The summed E-state index contributed by atoms with van der Waals surface area (Å²) in [5.74, 6) is 0.486. The molecule has 0 spiro atoms. The maximum Gasteiger partial charge on any atom is 0.294 e. The highest BCUT2D eigenvalue weighted by atomic mass is 35.5. The molecule has 8 nitrogen and oxygen atoms in total. The second-order valence-corrected chi connectivity index (χ2v) is 9.33. The lowest BCUT2D eigenvalue weighted by atomic mass is 10.2. The summed E-state index contributed by atoms with van der Waals surface area (Å²) in [5.41, 5.74) is 0.644. The highest BCUT2D eigenvalue weighted by molar-refractivity contribution is 7.90. The molecule has 164 valence electrons. The Hall–Kier alpha value is -3.27. The minimum absolute atomic E-state index is 0.0343. The first-order valence-corrected chi connectivity index (χ1v) is 11.3. The number of nitro benzene ring substituents is 1. The average Bonchev–Trinajstić information content (AvgIpc) is 3.23. The summed E-state index contributed by atoms with van der Waals surface area (Å²) in [6.07, 6.45) is 1.29. The maximum atomic E-state index is 13.3. The van der Waals surface area contributed by atoms with Crippen molar-refractivity contribution in [2.45, 2.75) is 4.90 Å². The lowest BCUT2D eigenvalue weighted by Gasteiger charge is -2.11. The second kappa shape index (κ2) is 8.34. The zero-order valence-electron chi connectivity index (χ0n) is 16.5. The zero-order valence-corrected chi connectivity index (χ0v) is 18.8. The molecule has 32 heavy (non-hydrogen) atoms. The molecule has 11 heteroatoms. The third-order valence-corrected chi connectivity index (χ3v) is 7.23. The largest absolute Gasteiger partial charge is 0.497 e. The van der Waals surface area contributed by atoms with Gasteiger partial charge in [-0.15, -0.1) is 0 Å². The van der Waals surface area contributed by atoms with Gasteiger partial charge in [-0.05, 0) is 54.6 Å². The number of anilines is 2. The zero-order chi connectivity index (χ0) is 23.0. The van der Waals surface area contributed by atoms with E-state index < -0.39 is 14.9 Å². The molecule has 0 bridgehead atoms. The number of methoxy groups -OCH3 is 1. The molecular weight excluding hydrogens is 477 g/mol. The highest BCUT2D eigenvalue weighted by Gasteiger charge is 2.26. The number of aromatic nitrogens is 1. The molecule has 0 aliphatic rings. The molecule has 0 saturated heterocycles. The van der Waals surface area contributed by atoms with Crippen LogP contribution in [-0.4, -0.2) is 24.4 Å². The first kappa shape index (κ1) is 21.9. The quantitative estimate of drug-likeness (QED) is 0.268. The highest BCUT2D eigenvalue weighted by Crippen LogP contribution is 2.37. The Bertz CT molecular complexity index is 1450. The summed E-state index contributed by atoms with van der Waals surface area (Å²) in [6, 6.07) is 14.9. The van der Waals surface area contributed by atoms with Crippen LogP contribution in [0.3, 0.4) is 0 Å². The number of benzene rings is 3. The SMILES string of the molecule is COc1ccc(S(=O)(=O)n2ccc3c(Nc4ccc(Cl)c(Cl)c4)ccc([N+](=O)[O-])c32)cc1. The van der Waals surface area contributed by atoms with Gasteiger partial charge in [0, 0.05) is 29.0 Å². The Morgan fingerprint density at radius 3 is 2.34 bits per heavy atom. The third kappa shape index (κ3) is 3.86. The van der Waals surface area contributed by atoms with Crippen LogP contribution in [0.25, 0.3) is 10.9 Å². The van der Waals surface area contributed by atoms with E-state index in [1.54, 1.807) is 18.2 Å². The van der Waals surface area contributed by atoms with Crippen LogP contribution < -0.4 is 10.1 Å². The smallest absolute Gasteiger partial charge is 0.294 e. The van der Waals surface area contributed by atoms with Gasteiger partial charge in [-0.25, -0.2) is 12.4 Å². The van der Waals surface area contributed by atoms with Crippen molar-refractivity contribution in [1.29, 1.82) is 0 Å². The number of ether oxygens (including phenoxy) is 1. The normalized spacial score (nSPS) is 11.5. The Balaban J connectivity index is 1.88. The van der Waals surface area contributed by atoms with Gasteiger partial charge in [0.05, 0.1) is 27.0 Å². The number of nitrogens with zero attached hydrogens (tertiary/aromatic N) is 2. The fourth-order valence-electron chi connectivity index (χ4n) is 3.26. The number of hydrogen-bond donors (Lipinski definition) is 1. The number of fused-ring (bicyclic) bond motifs is 1. The first-order chi connectivity index (χ1) is 15.2. The van der Waals surface area contributed by atoms with E-state index in [2.05, 4.69) is 5.32 Å². The molecular formula is C21H15Cl2N3O5S. The molecule has 0 saturated carbocycles. The summed E-state index contributed by atoms with van der Waals surface area (Å²) in [6.45, 7) is 0. The predicted molar refractivity (Wildman–Crippen MR) is 124 cm³/mol. The number of nitrogens with one attached hydrogen (secondary N) is 1. The fourth-order valence-corrected chi connectivity index (χ4v) is 4.92. The summed E-state index contributed by atoms with van der Waals surface area (Å²) >= 11 is 12.0. The van der Waals surface area contributed by atoms with Crippen molar-refractivity contribution in [3.8, 4) is 5.75 Å². The standard InChI is InChI=1S/C21H15Cl2N3O5S/c1-31-14-3-5-15(6-4-14)32(29,30)25-11-10-16-19(8-9-20(21(16)25)26(27)28)24-13-2-7-17(22)18(23)12-13/h2-12,24H,1H3. The Kier molecular flexibility index (Phi) is 5.72. The molecule has 0 amide bonds. The van der Waals surface area contributed by atoms with E-state index >= 15 is 0 Å². The van der Waals surface area contributed by atoms with Crippen molar-refractivity contribution in [3.05, 3.63) is 87.0 Å². The van der Waals surface area contributed by atoms with Gasteiger partial charge in [-0.2, -0.15) is 0 Å². The molecule has 0 aliphatic heterocycles. The third-order valence-electron chi connectivity index (χ3n) is 4.80. The lowest BCUT2D eigenvalue weighted by molar-refractivity contribution is -0.383. The first-order valence-electron chi connectivity index (χ1n) is 9.12. The van der Waals surface area contributed by atoms with Gasteiger partial charge in [0.2, 0.25) is 0 Å². The number of rotatable bonds is 6. The summed E-state index contributed by atoms with van der Waals surface area (Å²) in [5, 5.41) is 15.9.